The molecular weight excluding hydrogens is 495 g/mol. The number of alkyl halides is 11. The van der Waals surface area contributed by atoms with Gasteiger partial charge in [0, 0.05) is 5.56 Å². The molecule has 0 fully saturated rings. The number of hydrogen-bond acceptors (Lipinski definition) is 3. The number of benzene rings is 2. The van der Waals surface area contributed by atoms with E-state index in [9.17, 15) is 57.9 Å². The van der Waals surface area contributed by atoms with Gasteiger partial charge in [-0.15, -0.1) is 0 Å². The van der Waals surface area contributed by atoms with E-state index in [4.69, 9.17) is 5.26 Å². The topological polar surface area (TPSA) is 57.9 Å². The molecule has 14 heteroatoms. The first-order valence-electron chi connectivity index (χ1n) is 8.61. The van der Waals surface area contributed by atoms with Crippen molar-refractivity contribution in [3.8, 4) is 17.2 Å². The Bertz CT molecular complexity index is 1110. The summed E-state index contributed by atoms with van der Waals surface area (Å²) in [5.41, 5.74) is -10.2. The first kappa shape index (κ1) is 26.7. The summed E-state index contributed by atoms with van der Waals surface area (Å²) in [4.78, 5) is 23.6. The molecule has 0 aliphatic heterocycles. The Labute approximate surface area is 182 Å². The predicted octanol–water partition coefficient (Wildman–Crippen LogP) is 6.28. The Kier molecular flexibility index (Phi) is 6.84. The highest BCUT2D eigenvalue weighted by Crippen LogP contribution is 2.39. The highest BCUT2D eigenvalue weighted by Gasteiger charge is 2.62. The van der Waals surface area contributed by atoms with Crippen molar-refractivity contribution in [3.63, 3.8) is 0 Å². The number of carbonyl (C=O) groups excluding carboxylic acids is 2. The average molecular weight is 503 g/mol. The molecule has 0 spiro atoms. The molecule has 1 unspecified atom stereocenters. The van der Waals surface area contributed by atoms with Crippen molar-refractivity contribution in [2.45, 2.75) is 30.4 Å². The van der Waals surface area contributed by atoms with Crippen LogP contribution in [-0.2, 0) is 17.1 Å². The molecule has 0 saturated heterocycles. The second-order valence-corrected chi connectivity index (χ2v) is 6.72. The number of nitriles is 1. The number of hydrogen-bond donors (Lipinski definition) is 0. The Morgan fingerprint density at radius 2 is 1.18 bits per heavy atom. The minimum Gasteiger partial charge on any atom is -0.289 e. The van der Waals surface area contributed by atoms with E-state index in [2.05, 4.69) is 0 Å². The molecule has 0 aromatic heterocycles. The van der Waals surface area contributed by atoms with Crippen LogP contribution in [0.25, 0.3) is 11.1 Å². The Morgan fingerprint density at radius 1 is 0.735 bits per heavy atom. The van der Waals surface area contributed by atoms with Crippen molar-refractivity contribution in [3.05, 3.63) is 59.2 Å². The number of nitrogens with zero attached hydrogens (tertiary/aromatic N) is 1. The SMILES string of the molecule is N#CC(F)(C(=O)c1ccc(-c2cc(C(F)(F)F)cc(C(F)(F)F)c2)cc1)C(=O)C(F)(F)C(F)F. The first-order chi connectivity index (χ1) is 15.4. The quantitative estimate of drug-likeness (QED) is 0.265. The third-order valence-corrected chi connectivity index (χ3v) is 4.42. The zero-order valence-corrected chi connectivity index (χ0v) is 16.0. The minimum absolute atomic E-state index is 0.152. The van der Waals surface area contributed by atoms with E-state index in [1.165, 1.54) is 0 Å². The van der Waals surface area contributed by atoms with Crippen molar-refractivity contribution in [1.82, 2.24) is 0 Å². The summed E-state index contributed by atoms with van der Waals surface area (Å²) in [6.07, 6.45) is -15.1. The van der Waals surface area contributed by atoms with Crippen LogP contribution in [0, 0.1) is 11.3 Å². The van der Waals surface area contributed by atoms with Crippen molar-refractivity contribution < 1.29 is 57.9 Å². The maximum atomic E-state index is 14.5. The van der Waals surface area contributed by atoms with Gasteiger partial charge in [0.2, 0.25) is 5.78 Å². The fraction of sp³-hybridized carbons (Fsp3) is 0.250. The largest absolute Gasteiger partial charge is 0.416 e. The van der Waals surface area contributed by atoms with Gasteiger partial charge in [0.25, 0.3) is 5.78 Å². The highest BCUT2D eigenvalue weighted by molar-refractivity contribution is 6.21. The molecule has 2 aromatic rings. The third kappa shape index (κ3) is 5.02. The molecule has 0 aliphatic rings. The lowest BCUT2D eigenvalue weighted by Gasteiger charge is -2.21. The minimum atomic E-state index is -5.70. The highest BCUT2D eigenvalue weighted by atomic mass is 19.4. The number of ketones is 2. The standard InChI is InChI=1S/C20H8F11NO2/c21-16(22)18(24,25)15(34)17(23,8-32)14(33)10-3-1-9(2-4-10)11-5-12(19(26,27)28)7-13(6-11)20(29,30)31/h1-7,16H. The maximum absolute atomic E-state index is 14.5. The fourth-order valence-corrected chi connectivity index (χ4v) is 2.67. The normalized spacial score (nSPS) is 14.4. The Hall–Kier alpha value is -3.50. The smallest absolute Gasteiger partial charge is 0.289 e. The van der Waals surface area contributed by atoms with Gasteiger partial charge in [0.05, 0.1) is 11.1 Å². The lowest BCUT2D eigenvalue weighted by molar-refractivity contribution is -0.173. The number of carbonyl (C=O) groups is 2. The van der Waals surface area contributed by atoms with Gasteiger partial charge in [-0.25, -0.2) is 13.2 Å². The summed E-state index contributed by atoms with van der Waals surface area (Å²) in [7, 11) is 0. The van der Waals surface area contributed by atoms with E-state index in [0.717, 1.165) is 0 Å². The van der Waals surface area contributed by atoms with Crippen LogP contribution < -0.4 is 0 Å². The first-order valence-corrected chi connectivity index (χ1v) is 8.61. The van der Waals surface area contributed by atoms with Gasteiger partial charge in [-0.1, -0.05) is 24.3 Å². The zero-order valence-electron chi connectivity index (χ0n) is 16.0. The Balaban J connectivity index is 2.52. The molecule has 0 radical (unpaired) electrons. The van der Waals surface area contributed by atoms with Gasteiger partial charge < -0.3 is 0 Å². The molecule has 0 saturated carbocycles. The molecule has 0 amide bonds. The molecule has 2 aromatic carbocycles. The van der Waals surface area contributed by atoms with Gasteiger partial charge in [0.1, 0.15) is 6.07 Å². The summed E-state index contributed by atoms with van der Waals surface area (Å²) in [6, 6.07) is 3.17. The molecule has 2 rings (SSSR count). The predicted molar refractivity (Wildman–Crippen MR) is 91.6 cm³/mol. The van der Waals surface area contributed by atoms with Gasteiger partial charge in [-0.3, -0.25) is 9.59 Å². The number of halogens is 11. The van der Waals surface area contributed by atoms with E-state index in [1.807, 2.05) is 0 Å². The maximum Gasteiger partial charge on any atom is 0.416 e. The second kappa shape index (κ2) is 8.69. The van der Waals surface area contributed by atoms with Crippen molar-refractivity contribution in [2.75, 3.05) is 0 Å². The third-order valence-electron chi connectivity index (χ3n) is 4.42. The van der Waals surface area contributed by atoms with Crippen LogP contribution >= 0.6 is 0 Å². The molecule has 34 heavy (non-hydrogen) atoms. The van der Waals surface area contributed by atoms with Crippen molar-refractivity contribution in [2.24, 2.45) is 0 Å². The van der Waals surface area contributed by atoms with Crippen LogP contribution in [-0.4, -0.2) is 29.6 Å². The van der Waals surface area contributed by atoms with E-state index < -0.39 is 64.2 Å². The molecule has 3 nitrogen and oxygen atoms in total. The number of Topliss-reactive ketones (excluding diaryl/α,β-unsaturated/α-hetero) is 2. The zero-order chi connectivity index (χ0) is 26.3. The molecule has 0 heterocycles. The van der Waals surface area contributed by atoms with E-state index in [1.54, 1.807) is 0 Å². The van der Waals surface area contributed by atoms with Gasteiger partial charge >= 0.3 is 30.4 Å². The second-order valence-electron chi connectivity index (χ2n) is 6.72. The average Bonchev–Trinajstić information content (AvgIpc) is 2.76. The molecule has 0 bridgehead atoms. The van der Waals surface area contributed by atoms with Crippen LogP contribution in [0.2, 0.25) is 0 Å². The van der Waals surface area contributed by atoms with E-state index in [-0.39, 0.29) is 11.6 Å². The molecule has 182 valence electrons. The fourth-order valence-electron chi connectivity index (χ4n) is 2.67. The van der Waals surface area contributed by atoms with E-state index >= 15 is 0 Å². The van der Waals surface area contributed by atoms with Crippen molar-refractivity contribution in [1.29, 1.82) is 5.26 Å². The molecular formula is C20H8F11NO2. The van der Waals surface area contributed by atoms with Crippen molar-refractivity contribution >= 4 is 11.6 Å². The molecule has 0 N–H and O–H groups in total. The lowest BCUT2D eigenvalue weighted by atomic mass is 9.88. The summed E-state index contributed by atoms with van der Waals surface area (Å²) >= 11 is 0. The van der Waals surface area contributed by atoms with Crippen LogP contribution in [0.1, 0.15) is 21.5 Å². The van der Waals surface area contributed by atoms with Crippen LogP contribution in [0.4, 0.5) is 48.3 Å². The summed E-state index contributed by atoms with van der Waals surface area (Å²) in [5.74, 6) is -11.3. The monoisotopic (exact) mass is 503 g/mol. The van der Waals surface area contributed by atoms with Crippen LogP contribution in [0.15, 0.2) is 42.5 Å². The van der Waals surface area contributed by atoms with Crippen LogP contribution in [0.5, 0.6) is 0 Å². The molecule has 1 atom stereocenters. The summed E-state index contributed by atoms with van der Waals surface area (Å²) in [5, 5.41) is 8.72. The van der Waals surface area contributed by atoms with Gasteiger partial charge in [0.15, 0.2) is 0 Å². The number of rotatable bonds is 6. The van der Waals surface area contributed by atoms with Gasteiger partial charge in [-0.2, -0.15) is 40.4 Å². The van der Waals surface area contributed by atoms with E-state index in [0.29, 0.717) is 42.5 Å². The van der Waals surface area contributed by atoms with Crippen LogP contribution in [0.3, 0.4) is 0 Å². The Morgan fingerprint density at radius 3 is 1.53 bits per heavy atom. The van der Waals surface area contributed by atoms with Gasteiger partial charge in [-0.05, 0) is 29.3 Å². The lowest BCUT2D eigenvalue weighted by Crippen LogP contribution is -2.53. The summed E-state index contributed by atoms with van der Waals surface area (Å²) < 4.78 is 144. The summed E-state index contributed by atoms with van der Waals surface area (Å²) in [6.45, 7) is 0. The molecule has 0 aliphatic carbocycles.